The van der Waals surface area contributed by atoms with Crippen LogP contribution in [0.25, 0.3) is 0 Å². The largest absolute Gasteiger partial charge is 0.497 e. The molecule has 4 nitrogen and oxygen atoms in total. The highest BCUT2D eigenvalue weighted by molar-refractivity contribution is 5.80. The molecular weight excluding hydrogens is 290 g/mol. The third kappa shape index (κ3) is 5.11. The van der Waals surface area contributed by atoms with E-state index in [1.54, 1.807) is 14.0 Å². The zero-order valence-electron chi connectivity index (χ0n) is 13.8. The average Bonchev–Trinajstić information content (AvgIpc) is 2.60. The molecule has 0 aliphatic heterocycles. The highest BCUT2D eigenvalue weighted by Crippen LogP contribution is 2.15. The normalized spacial score (nSPS) is 13.2. The Kier molecular flexibility index (Phi) is 6.18. The van der Waals surface area contributed by atoms with Crippen LogP contribution in [0.5, 0.6) is 5.75 Å². The van der Waals surface area contributed by atoms with Gasteiger partial charge in [0.25, 0.3) is 0 Å². The molecule has 2 unspecified atom stereocenters. The van der Waals surface area contributed by atoms with E-state index in [9.17, 15) is 4.79 Å². The fraction of sp³-hybridized carbons (Fsp3) is 0.316. The first-order valence-corrected chi connectivity index (χ1v) is 7.70. The monoisotopic (exact) mass is 313 g/mol. The van der Waals surface area contributed by atoms with Crippen LogP contribution in [0.1, 0.15) is 31.0 Å². The quantitative estimate of drug-likeness (QED) is 0.851. The molecular formula is C19H23NO3. The van der Waals surface area contributed by atoms with Gasteiger partial charge in [0.15, 0.2) is 0 Å². The third-order valence-electron chi connectivity index (χ3n) is 3.66. The summed E-state index contributed by atoms with van der Waals surface area (Å²) in [5, 5.41) is 2.97. The van der Waals surface area contributed by atoms with Crippen LogP contribution in [-0.2, 0) is 16.1 Å². The van der Waals surface area contributed by atoms with Crippen molar-refractivity contribution in [1.82, 2.24) is 5.32 Å². The Balaban J connectivity index is 1.85. The minimum absolute atomic E-state index is 0.0495. The molecule has 2 aromatic rings. The maximum atomic E-state index is 12.2. The number of ether oxygens (including phenoxy) is 2. The number of hydrogen-bond acceptors (Lipinski definition) is 3. The fourth-order valence-corrected chi connectivity index (χ4v) is 2.21. The molecule has 1 N–H and O–H groups in total. The Hall–Kier alpha value is -2.33. The number of benzene rings is 2. The maximum absolute atomic E-state index is 12.2. The van der Waals surface area contributed by atoms with Gasteiger partial charge >= 0.3 is 0 Å². The minimum Gasteiger partial charge on any atom is -0.497 e. The molecule has 0 spiro atoms. The molecule has 0 saturated heterocycles. The molecule has 2 atom stereocenters. The van der Waals surface area contributed by atoms with Gasteiger partial charge < -0.3 is 14.8 Å². The van der Waals surface area contributed by atoms with Gasteiger partial charge in [0, 0.05) is 0 Å². The van der Waals surface area contributed by atoms with Crippen molar-refractivity contribution in [3.8, 4) is 5.75 Å². The summed E-state index contributed by atoms with van der Waals surface area (Å²) in [5.74, 6) is 0.658. The number of amides is 1. The van der Waals surface area contributed by atoms with Crippen LogP contribution in [0.3, 0.4) is 0 Å². The number of hydrogen-bond donors (Lipinski definition) is 1. The zero-order valence-corrected chi connectivity index (χ0v) is 13.8. The molecule has 0 saturated carbocycles. The SMILES string of the molecule is COc1cccc(COC(C)C(=O)NC(C)c2ccccc2)c1. The minimum atomic E-state index is -0.521. The predicted octanol–water partition coefficient (Wildman–Crippen LogP) is 3.48. The van der Waals surface area contributed by atoms with E-state index in [0.717, 1.165) is 16.9 Å². The molecule has 0 heterocycles. The summed E-state index contributed by atoms with van der Waals surface area (Å²) in [6.45, 7) is 4.08. The van der Waals surface area contributed by atoms with Crippen LogP contribution >= 0.6 is 0 Å². The summed E-state index contributed by atoms with van der Waals surface area (Å²) in [7, 11) is 1.63. The topological polar surface area (TPSA) is 47.6 Å². The second-order valence-corrected chi connectivity index (χ2v) is 5.45. The van der Waals surface area contributed by atoms with E-state index in [0.29, 0.717) is 6.61 Å². The maximum Gasteiger partial charge on any atom is 0.249 e. The van der Waals surface area contributed by atoms with Gasteiger partial charge in [0.1, 0.15) is 11.9 Å². The molecule has 2 rings (SSSR count). The van der Waals surface area contributed by atoms with Gasteiger partial charge in [-0.3, -0.25) is 4.79 Å². The van der Waals surface area contributed by atoms with Gasteiger partial charge in [-0.1, -0.05) is 42.5 Å². The molecule has 0 aliphatic carbocycles. The lowest BCUT2D eigenvalue weighted by Crippen LogP contribution is -2.36. The van der Waals surface area contributed by atoms with Crippen molar-refractivity contribution in [2.75, 3.05) is 7.11 Å². The van der Waals surface area contributed by atoms with Crippen molar-refractivity contribution in [3.63, 3.8) is 0 Å². The second kappa shape index (κ2) is 8.34. The van der Waals surface area contributed by atoms with Gasteiger partial charge in [-0.05, 0) is 37.1 Å². The van der Waals surface area contributed by atoms with Crippen molar-refractivity contribution in [1.29, 1.82) is 0 Å². The molecule has 4 heteroatoms. The first kappa shape index (κ1) is 17.0. The van der Waals surface area contributed by atoms with Crippen LogP contribution < -0.4 is 10.1 Å². The summed E-state index contributed by atoms with van der Waals surface area (Å²) >= 11 is 0. The molecule has 0 radical (unpaired) electrons. The van der Waals surface area contributed by atoms with Crippen LogP contribution in [-0.4, -0.2) is 19.1 Å². The summed E-state index contributed by atoms with van der Waals surface area (Å²) in [6.07, 6.45) is -0.521. The van der Waals surface area contributed by atoms with Crippen LogP contribution in [0.4, 0.5) is 0 Å². The van der Waals surface area contributed by atoms with Crippen molar-refractivity contribution < 1.29 is 14.3 Å². The summed E-state index contributed by atoms with van der Waals surface area (Å²) in [5.41, 5.74) is 2.04. The summed E-state index contributed by atoms with van der Waals surface area (Å²) in [6, 6.07) is 17.4. The highest BCUT2D eigenvalue weighted by atomic mass is 16.5. The summed E-state index contributed by atoms with van der Waals surface area (Å²) in [4.78, 5) is 12.2. The van der Waals surface area contributed by atoms with Crippen LogP contribution in [0.2, 0.25) is 0 Å². The van der Waals surface area contributed by atoms with E-state index in [2.05, 4.69) is 5.32 Å². The lowest BCUT2D eigenvalue weighted by atomic mass is 10.1. The van der Waals surface area contributed by atoms with Gasteiger partial charge in [-0.15, -0.1) is 0 Å². The molecule has 0 fully saturated rings. The lowest BCUT2D eigenvalue weighted by molar-refractivity contribution is -0.133. The molecule has 122 valence electrons. The van der Waals surface area contributed by atoms with E-state index in [-0.39, 0.29) is 11.9 Å². The van der Waals surface area contributed by atoms with E-state index in [1.165, 1.54) is 0 Å². The van der Waals surface area contributed by atoms with E-state index >= 15 is 0 Å². The number of nitrogens with one attached hydrogen (secondary N) is 1. The predicted molar refractivity (Wildman–Crippen MR) is 90.2 cm³/mol. The van der Waals surface area contributed by atoms with E-state index in [1.807, 2.05) is 61.5 Å². The Morgan fingerprint density at radius 2 is 1.83 bits per heavy atom. The van der Waals surface area contributed by atoms with Crippen LogP contribution in [0, 0.1) is 0 Å². The van der Waals surface area contributed by atoms with E-state index in [4.69, 9.17) is 9.47 Å². The Morgan fingerprint density at radius 1 is 1.09 bits per heavy atom. The number of carbonyl (C=O) groups excluding carboxylic acids is 1. The van der Waals surface area contributed by atoms with Crippen LogP contribution in [0.15, 0.2) is 54.6 Å². The van der Waals surface area contributed by atoms with Gasteiger partial charge in [-0.2, -0.15) is 0 Å². The van der Waals surface area contributed by atoms with E-state index < -0.39 is 6.10 Å². The highest BCUT2D eigenvalue weighted by Gasteiger charge is 2.16. The summed E-state index contributed by atoms with van der Waals surface area (Å²) < 4.78 is 10.8. The molecule has 23 heavy (non-hydrogen) atoms. The fourth-order valence-electron chi connectivity index (χ4n) is 2.21. The second-order valence-electron chi connectivity index (χ2n) is 5.45. The third-order valence-corrected chi connectivity index (χ3v) is 3.66. The Morgan fingerprint density at radius 3 is 2.52 bits per heavy atom. The number of rotatable bonds is 7. The molecule has 0 aromatic heterocycles. The average molecular weight is 313 g/mol. The van der Waals surface area contributed by atoms with Gasteiger partial charge in [0.05, 0.1) is 19.8 Å². The van der Waals surface area contributed by atoms with Gasteiger partial charge in [-0.25, -0.2) is 0 Å². The standard InChI is InChI=1S/C19H23NO3/c1-14(17-9-5-4-6-10-17)20-19(21)15(2)23-13-16-8-7-11-18(12-16)22-3/h4-12,14-15H,13H2,1-3H3,(H,20,21). The van der Waals surface area contributed by atoms with Crippen molar-refractivity contribution in [2.24, 2.45) is 0 Å². The van der Waals surface area contributed by atoms with Crippen molar-refractivity contribution >= 4 is 5.91 Å². The zero-order chi connectivity index (χ0) is 16.7. The Labute approximate surface area is 137 Å². The number of methoxy groups -OCH3 is 1. The van der Waals surface area contributed by atoms with Crippen molar-refractivity contribution in [3.05, 3.63) is 65.7 Å². The molecule has 1 amide bonds. The first-order valence-electron chi connectivity index (χ1n) is 7.70. The lowest BCUT2D eigenvalue weighted by Gasteiger charge is -2.18. The Bertz CT molecular complexity index is 628. The number of carbonyl (C=O) groups is 1. The molecule has 0 bridgehead atoms. The molecule has 2 aromatic carbocycles. The molecule has 0 aliphatic rings. The van der Waals surface area contributed by atoms with Gasteiger partial charge in [0.2, 0.25) is 5.91 Å². The first-order chi connectivity index (χ1) is 11.1. The van der Waals surface area contributed by atoms with Crippen molar-refractivity contribution in [2.45, 2.75) is 32.6 Å². The smallest absolute Gasteiger partial charge is 0.249 e.